The molecule has 0 heterocycles. The van der Waals surface area contributed by atoms with Crippen molar-refractivity contribution in [1.82, 2.24) is 20.4 Å². The van der Waals surface area contributed by atoms with Crippen LogP contribution in [0.4, 0.5) is 0 Å². The van der Waals surface area contributed by atoms with Crippen LogP contribution in [-0.2, 0) is 4.74 Å². The summed E-state index contributed by atoms with van der Waals surface area (Å²) in [5, 5.41) is 6.82. The summed E-state index contributed by atoms with van der Waals surface area (Å²) in [6.07, 6.45) is 6.75. The van der Waals surface area contributed by atoms with Gasteiger partial charge in [0.25, 0.3) is 0 Å². The minimum atomic E-state index is 0. The molecule has 0 aromatic carbocycles. The fraction of sp³-hybridized carbons (Fsp3) is 0.947. The Bertz CT molecular complexity index is 388. The molecule has 7 heteroatoms. The number of halogens is 1. The Morgan fingerprint density at radius 1 is 1.12 bits per heavy atom. The van der Waals surface area contributed by atoms with E-state index in [9.17, 15) is 0 Å². The van der Waals surface area contributed by atoms with Crippen LogP contribution in [0.25, 0.3) is 0 Å². The number of hydrogen-bond acceptors (Lipinski definition) is 4. The summed E-state index contributed by atoms with van der Waals surface area (Å²) in [6, 6.07) is 0.854. The Balaban J connectivity index is 0.00000338. The third-order valence-electron chi connectivity index (χ3n) is 4.93. The molecule has 2 N–H and O–H groups in total. The smallest absolute Gasteiger partial charge is 0.191 e. The first-order valence-electron chi connectivity index (χ1n) is 10.2. The third kappa shape index (κ3) is 10.9. The van der Waals surface area contributed by atoms with Crippen LogP contribution in [0.1, 0.15) is 39.0 Å². The quantitative estimate of drug-likeness (QED) is 0.172. The maximum atomic E-state index is 5.10. The van der Waals surface area contributed by atoms with E-state index in [1.54, 1.807) is 7.11 Å². The van der Waals surface area contributed by atoms with Crippen LogP contribution in [0.3, 0.4) is 0 Å². The lowest BCUT2D eigenvalue weighted by atomic mass is 10.3. The molecule has 154 valence electrons. The van der Waals surface area contributed by atoms with Gasteiger partial charge < -0.3 is 20.3 Å². The van der Waals surface area contributed by atoms with E-state index in [1.807, 2.05) is 0 Å². The summed E-state index contributed by atoms with van der Waals surface area (Å²) >= 11 is 0. The Morgan fingerprint density at radius 2 is 1.88 bits per heavy atom. The van der Waals surface area contributed by atoms with Crippen molar-refractivity contribution in [2.45, 2.75) is 45.1 Å². The highest BCUT2D eigenvalue weighted by Gasteiger charge is 2.33. The monoisotopic (exact) mass is 481 g/mol. The van der Waals surface area contributed by atoms with Crippen LogP contribution in [0, 0.1) is 5.92 Å². The van der Waals surface area contributed by atoms with Gasteiger partial charge in [0.2, 0.25) is 0 Å². The van der Waals surface area contributed by atoms with Gasteiger partial charge in [0.05, 0.1) is 6.54 Å². The lowest BCUT2D eigenvalue weighted by Crippen LogP contribution is -2.41. The van der Waals surface area contributed by atoms with Gasteiger partial charge in [-0.25, -0.2) is 0 Å². The number of guanidine groups is 1. The van der Waals surface area contributed by atoms with E-state index in [2.05, 4.69) is 34.4 Å². The summed E-state index contributed by atoms with van der Waals surface area (Å²) in [5.41, 5.74) is 0. The van der Waals surface area contributed by atoms with Crippen LogP contribution in [-0.4, -0.2) is 88.4 Å². The topological polar surface area (TPSA) is 52.1 Å². The highest BCUT2D eigenvalue weighted by atomic mass is 127. The predicted molar refractivity (Wildman–Crippen MR) is 121 cm³/mol. The van der Waals surface area contributed by atoms with Crippen LogP contribution in [0.15, 0.2) is 4.99 Å². The number of likely N-dealkylation sites (N-methyl/N-ethyl adjacent to an activating group) is 1. The van der Waals surface area contributed by atoms with Crippen LogP contribution >= 0.6 is 24.0 Å². The van der Waals surface area contributed by atoms with Crippen LogP contribution in [0.2, 0.25) is 0 Å². The second kappa shape index (κ2) is 14.0. The SMILES string of the molecule is CCNC(=NCCN(CC1CC1)C1CC1)NCCN(C)CCCOC.I. The largest absolute Gasteiger partial charge is 0.385 e. The van der Waals surface area contributed by atoms with E-state index in [0.717, 1.165) is 70.2 Å². The van der Waals surface area contributed by atoms with Crippen molar-refractivity contribution in [3.8, 4) is 0 Å². The number of rotatable bonds is 14. The first kappa shape index (κ1) is 23.9. The number of nitrogens with zero attached hydrogens (tertiary/aromatic N) is 3. The third-order valence-corrected chi connectivity index (χ3v) is 4.93. The van der Waals surface area contributed by atoms with E-state index >= 15 is 0 Å². The highest BCUT2D eigenvalue weighted by Crippen LogP contribution is 2.34. The molecule has 2 saturated carbocycles. The van der Waals surface area contributed by atoms with Gasteiger partial charge in [-0.3, -0.25) is 9.89 Å². The Kier molecular flexibility index (Phi) is 12.8. The Morgan fingerprint density at radius 3 is 2.50 bits per heavy atom. The fourth-order valence-corrected chi connectivity index (χ4v) is 3.08. The summed E-state index contributed by atoms with van der Waals surface area (Å²) in [5.74, 6) is 1.93. The van der Waals surface area contributed by atoms with Gasteiger partial charge in [-0.05, 0) is 52.0 Å². The summed E-state index contributed by atoms with van der Waals surface area (Å²) in [7, 11) is 3.92. The molecule has 2 aliphatic rings. The number of aliphatic imine (C=N–C) groups is 1. The summed E-state index contributed by atoms with van der Waals surface area (Å²) in [4.78, 5) is 9.79. The van der Waals surface area contributed by atoms with Crippen LogP contribution < -0.4 is 10.6 Å². The predicted octanol–water partition coefficient (Wildman–Crippen LogP) is 2.00. The normalized spacial score (nSPS) is 17.5. The molecule has 0 bridgehead atoms. The zero-order valence-electron chi connectivity index (χ0n) is 17.0. The van der Waals surface area contributed by atoms with Crippen molar-refractivity contribution < 1.29 is 4.74 Å². The van der Waals surface area contributed by atoms with Crippen molar-refractivity contribution in [1.29, 1.82) is 0 Å². The number of methoxy groups -OCH3 is 1. The molecule has 0 aliphatic heterocycles. The molecule has 2 aliphatic carbocycles. The van der Waals surface area contributed by atoms with Gasteiger partial charge in [0.1, 0.15) is 0 Å². The molecule has 0 amide bonds. The van der Waals surface area contributed by atoms with Crippen LogP contribution in [0.5, 0.6) is 0 Å². The molecule has 0 atom stereocenters. The first-order valence-corrected chi connectivity index (χ1v) is 10.2. The molecular formula is C19H40IN5O. The molecule has 0 saturated heterocycles. The summed E-state index contributed by atoms with van der Waals surface area (Å²) < 4.78 is 5.10. The lowest BCUT2D eigenvalue weighted by Gasteiger charge is -2.21. The average Bonchev–Trinajstić information content (AvgIpc) is 3.47. The average molecular weight is 481 g/mol. The van der Waals surface area contributed by atoms with E-state index < -0.39 is 0 Å². The van der Waals surface area contributed by atoms with Crippen molar-refractivity contribution in [2.24, 2.45) is 10.9 Å². The second-order valence-corrected chi connectivity index (χ2v) is 7.51. The Labute approximate surface area is 177 Å². The van der Waals surface area contributed by atoms with E-state index in [-0.39, 0.29) is 24.0 Å². The van der Waals surface area contributed by atoms with Gasteiger partial charge in [0.15, 0.2) is 5.96 Å². The first-order chi connectivity index (χ1) is 12.2. The van der Waals surface area contributed by atoms with Crippen molar-refractivity contribution in [3.05, 3.63) is 0 Å². The number of nitrogens with one attached hydrogen (secondary N) is 2. The van der Waals surface area contributed by atoms with Gasteiger partial charge in [-0.1, -0.05) is 0 Å². The zero-order valence-corrected chi connectivity index (χ0v) is 19.3. The molecule has 0 radical (unpaired) electrons. The highest BCUT2D eigenvalue weighted by molar-refractivity contribution is 14.0. The molecular weight excluding hydrogens is 441 g/mol. The van der Waals surface area contributed by atoms with Crippen molar-refractivity contribution in [3.63, 3.8) is 0 Å². The minimum Gasteiger partial charge on any atom is -0.385 e. The molecule has 0 aromatic heterocycles. The lowest BCUT2D eigenvalue weighted by molar-refractivity contribution is 0.180. The van der Waals surface area contributed by atoms with E-state index in [4.69, 9.17) is 9.73 Å². The van der Waals surface area contributed by atoms with E-state index in [0.29, 0.717) is 0 Å². The van der Waals surface area contributed by atoms with Gasteiger partial charge >= 0.3 is 0 Å². The molecule has 0 spiro atoms. The number of hydrogen-bond donors (Lipinski definition) is 2. The minimum absolute atomic E-state index is 0. The van der Waals surface area contributed by atoms with Gasteiger partial charge in [0, 0.05) is 59.0 Å². The van der Waals surface area contributed by atoms with Gasteiger partial charge in [-0.15, -0.1) is 24.0 Å². The molecule has 26 heavy (non-hydrogen) atoms. The zero-order chi connectivity index (χ0) is 17.9. The standard InChI is InChI=1S/C19H39N5O.HI/c1-4-20-19(21-10-13-23(2)12-5-15-25-3)22-11-14-24(18-8-9-18)16-17-6-7-17;/h17-18H,4-16H2,1-3H3,(H2,20,21,22);1H. The molecule has 0 unspecified atom stereocenters. The van der Waals surface area contributed by atoms with Gasteiger partial charge in [-0.2, -0.15) is 0 Å². The maximum Gasteiger partial charge on any atom is 0.191 e. The Hall–Kier alpha value is -0.120. The van der Waals surface area contributed by atoms with Crippen molar-refractivity contribution >= 4 is 29.9 Å². The van der Waals surface area contributed by atoms with Crippen molar-refractivity contribution in [2.75, 3.05) is 66.6 Å². The maximum absolute atomic E-state index is 5.10. The molecule has 0 aromatic rings. The fourth-order valence-electron chi connectivity index (χ4n) is 3.08. The number of ether oxygens (including phenoxy) is 1. The molecule has 2 rings (SSSR count). The summed E-state index contributed by atoms with van der Waals surface area (Å²) in [6.45, 7) is 10.2. The molecule has 2 fully saturated rings. The molecule has 6 nitrogen and oxygen atoms in total. The second-order valence-electron chi connectivity index (χ2n) is 7.51. The van der Waals surface area contributed by atoms with E-state index in [1.165, 1.54) is 32.2 Å².